The summed E-state index contributed by atoms with van der Waals surface area (Å²) in [6.07, 6.45) is 3.63. The maximum absolute atomic E-state index is 12.7. The van der Waals surface area contributed by atoms with Crippen LogP contribution in [0.4, 0.5) is 0 Å². The third kappa shape index (κ3) is 4.31. The van der Waals surface area contributed by atoms with Crippen LogP contribution in [0.25, 0.3) is 0 Å². The number of carbonyl (C=O) groups is 1. The molecule has 1 aromatic carbocycles. The molecule has 23 heavy (non-hydrogen) atoms. The molecule has 1 amide bonds. The number of ether oxygens (including phenoxy) is 1. The molecule has 126 valence electrons. The summed E-state index contributed by atoms with van der Waals surface area (Å²) in [5.41, 5.74) is 0.891. The third-order valence-electron chi connectivity index (χ3n) is 4.81. The molecule has 1 saturated heterocycles. The number of rotatable bonds is 6. The summed E-state index contributed by atoms with van der Waals surface area (Å²) in [5, 5.41) is 15.9. The summed E-state index contributed by atoms with van der Waals surface area (Å²) in [4.78, 5) is 12.7. The van der Waals surface area contributed by atoms with Crippen LogP contribution in [0.3, 0.4) is 0 Å². The van der Waals surface area contributed by atoms with Gasteiger partial charge in [-0.2, -0.15) is 0 Å². The Morgan fingerprint density at radius 2 is 2.00 bits per heavy atom. The molecule has 2 fully saturated rings. The van der Waals surface area contributed by atoms with Gasteiger partial charge in [0.05, 0.1) is 12.2 Å². The third-order valence-corrected chi connectivity index (χ3v) is 4.81. The maximum atomic E-state index is 12.7. The number of hydrogen-bond donors (Lipinski definition) is 3. The van der Waals surface area contributed by atoms with Gasteiger partial charge in [-0.05, 0) is 18.4 Å². The van der Waals surface area contributed by atoms with E-state index in [0.29, 0.717) is 13.1 Å². The zero-order valence-electron chi connectivity index (χ0n) is 13.4. The molecule has 0 bridgehead atoms. The van der Waals surface area contributed by atoms with Crippen LogP contribution in [-0.4, -0.2) is 42.9 Å². The van der Waals surface area contributed by atoms with Gasteiger partial charge in [-0.15, -0.1) is 0 Å². The summed E-state index contributed by atoms with van der Waals surface area (Å²) in [6, 6.07) is 9.67. The molecular formula is C18H26N2O3. The standard InChI is InChI=1S/C18H26N2O3/c21-16-12-19-10-14(16)11-20-18(22)17(13-6-2-1-3-7-13)23-15-8-4-5-9-15/h1-3,6-7,14-17,19,21H,4-5,8-12H2,(H,20,22). The molecule has 1 aliphatic carbocycles. The number of aliphatic hydroxyl groups excluding tert-OH is 1. The highest BCUT2D eigenvalue weighted by atomic mass is 16.5. The van der Waals surface area contributed by atoms with Crippen LogP contribution in [0, 0.1) is 5.92 Å². The zero-order valence-corrected chi connectivity index (χ0v) is 13.4. The topological polar surface area (TPSA) is 70.6 Å². The van der Waals surface area contributed by atoms with E-state index in [4.69, 9.17) is 4.74 Å². The lowest BCUT2D eigenvalue weighted by molar-refractivity contribution is -0.137. The second-order valence-corrected chi connectivity index (χ2v) is 6.56. The normalized spacial score (nSPS) is 26.3. The smallest absolute Gasteiger partial charge is 0.253 e. The largest absolute Gasteiger partial charge is 0.391 e. The Hall–Kier alpha value is -1.43. The van der Waals surface area contributed by atoms with Crippen molar-refractivity contribution in [3.63, 3.8) is 0 Å². The van der Waals surface area contributed by atoms with Crippen molar-refractivity contribution < 1.29 is 14.6 Å². The first-order valence-corrected chi connectivity index (χ1v) is 8.61. The predicted molar refractivity (Wildman–Crippen MR) is 87.9 cm³/mol. The second kappa shape index (κ2) is 7.90. The Kier molecular flexibility index (Phi) is 5.65. The molecule has 2 aliphatic rings. The van der Waals surface area contributed by atoms with Gasteiger partial charge in [-0.25, -0.2) is 0 Å². The Labute approximate surface area is 137 Å². The minimum absolute atomic E-state index is 0.0712. The van der Waals surface area contributed by atoms with Gasteiger partial charge in [-0.3, -0.25) is 4.79 Å². The fraction of sp³-hybridized carbons (Fsp3) is 0.611. The van der Waals surface area contributed by atoms with E-state index in [-0.39, 0.29) is 24.0 Å². The van der Waals surface area contributed by atoms with Gasteiger partial charge in [0, 0.05) is 25.6 Å². The van der Waals surface area contributed by atoms with E-state index < -0.39 is 6.10 Å². The first-order valence-electron chi connectivity index (χ1n) is 8.61. The SMILES string of the molecule is O=C(NCC1CNCC1O)C(OC1CCCC1)c1ccccc1. The highest BCUT2D eigenvalue weighted by Crippen LogP contribution is 2.28. The summed E-state index contributed by atoms with van der Waals surface area (Å²) >= 11 is 0. The van der Waals surface area contributed by atoms with E-state index in [1.54, 1.807) is 0 Å². The van der Waals surface area contributed by atoms with Crippen molar-refractivity contribution in [2.75, 3.05) is 19.6 Å². The number of carbonyl (C=O) groups excluding carboxylic acids is 1. The van der Waals surface area contributed by atoms with Crippen molar-refractivity contribution >= 4 is 5.91 Å². The second-order valence-electron chi connectivity index (χ2n) is 6.56. The number of aliphatic hydroxyl groups is 1. The zero-order chi connectivity index (χ0) is 16.1. The molecule has 1 heterocycles. The maximum Gasteiger partial charge on any atom is 0.253 e. The first kappa shape index (κ1) is 16.4. The van der Waals surface area contributed by atoms with Crippen LogP contribution in [0.5, 0.6) is 0 Å². The Balaban J connectivity index is 1.62. The highest BCUT2D eigenvalue weighted by molar-refractivity contribution is 5.82. The average molecular weight is 318 g/mol. The number of hydrogen-bond acceptors (Lipinski definition) is 4. The molecule has 3 rings (SSSR count). The van der Waals surface area contributed by atoms with Gasteiger partial charge in [0.25, 0.3) is 5.91 Å². The van der Waals surface area contributed by atoms with Crippen molar-refractivity contribution in [2.45, 2.75) is 44.0 Å². The molecule has 0 spiro atoms. The molecule has 1 saturated carbocycles. The molecule has 3 unspecified atom stereocenters. The summed E-state index contributed by atoms with van der Waals surface area (Å²) in [7, 11) is 0. The fourth-order valence-corrected chi connectivity index (χ4v) is 3.39. The minimum Gasteiger partial charge on any atom is -0.391 e. The number of nitrogens with one attached hydrogen (secondary N) is 2. The summed E-state index contributed by atoms with van der Waals surface area (Å²) < 4.78 is 6.11. The van der Waals surface area contributed by atoms with E-state index in [9.17, 15) is 9.90 Å². The van der Waals surface area contributed by atoms with E-state index >= 15 is 0 Å². The highest BCUT2D eigenvalue weighted by Gasteiger charge is 2.29. The van der Waals surface area contributed by atoms with E-state index in [0.717, 1.165) is 24.9 Å². The molecule has 0 aromatic heterocycles. The van der Waals surface area contributed by atoms with Crippen LogP contribution in [-0.2, 0) is 9.53 Å². The van der Waals surface area contributed by atoms with Crippen LogP contribution in [0.15, 0.2) is 30.3 Å². The molecule has 0 radical (unpaired) electrons. The van der Waals surface area contributed by atoms with E-state index in [1.165, 1.54) is 12.8 Å². The molecule has 5 nitrogen and oxygen atoms in total. The molecule has 1 aromatic rings. The van der Waals surface area contributed by atoms with Crippen molar-refractivity contribution in [1.29, 1.82) is 0 Å². The fourth-order valence-electron chi connectivity index (χ4n) is 3.39. The van der Waals surface area contributed by atoms with E-state index in [2.05, 4.69) is 10.6 Å². The number of amides is 1. The quantitative estimate of drug-likeness (QED) is 0.741. The summed E-state index contributed by atoms with van der Waals surface area (Å²) in [6.45, 7) is 1.81. The van der Waals surface area contributed by atoms with Gasteiger partial charge >= 0.3 is 0 Å². The Morgan fingerprint density at radius 1 is 1.26 bits per heavy atom. The molecule has 3 N–H and O–H groups in total. The molecule has 1 aliphatic heterocycles. The van der Waals surface area contributed by atoms with Crippen LogP contribution in [0.1, 0.15) is 37.4 Å². The number of benzene rings is 1. The van der Waals surface area contributed by atoms with Crippen LogP contribution < -0.4 is 10.6 Å². The molecule has 3 atom stereocenters. The van der Waals surface area contributed by atoms with Gasteiger partial charge in [0.15, 0.2) is 6.10 Å². The summed E-state index contributed by atoms with van der Waals surface area (Å²) in [5.74, 6) is -0.0379. The molecular weight excluding hydrogens is 292 g/mol. The van der Waals surface area contributed by atoms with Crippen molar-refractivity contribution in [3.05, 3.63) is 35.9 Å². The lowest BCUT2D eigenvalue weighted by atomic mass is 10.1. The van der Waals surface area contributed by atoms with Gasteiger partial charge in [0.1, 0.15) is 0 Å². The van der Waals surface area contributed by atoms with Crippen LogP contribution in [0.2, 0.25) is 0 Å². The minimum atomic E-state index is -0.564. The Bertz CT molecular complexity index is 502. The number of β-amino-alcohol motifs (C(OH)–C–C–N with tert-alkyl or cyclic N) is 1. The van der Waals surface area contributed by atoms with Gasteiger partial charge < -0.3 is 20.5 Å². The average Bonchev–Trinajstić information content (AvgIpc) is 3.23. The van der Waals surface area contributed by atoms with E-state index in [1.807, 2.05) is 30.3 Å². The van der Waals surface area contributed by atoms with Crippen molar-refractivity contribution in [2.24, 2.45) is 5.92 Å². The van der Waals surface area contributed by atoms with Gasteiger partial charge in [-0.1, -0.05) is 43.2 Å². The first-order chi connectivity index (χ1) is 11.2. The molecule has 5 heteroatoms. The van der Waals surface area contributed by atoms with Gasteiger partial charge in [0.2, 0.25) is 0 Å². The lowest BCUT2D eigenvalue weighted by Gasteiger charge is -2.23. The van der Waals surface area contributed by atoms with Crippen molar-refractivity contribution in [3.8, 4) is 0 Å². The predicted octanol–water partition coefficient (Wildman–Crippen LogP) is 1.38. The van der Waals surface area contributed by atoms with Crippen LogP contribution >= 0.6 is 0 Å². The monoisotopic (exact) mass is 318 g/mol. The van der Waals surface area contributed by atoms with Crippen molar-refractivity contribution in [1.82, 2.24) is 10.6 Å². The Morgan fingerprint density at radius 3 is 2.65 bits per heavy atom. The lowest BCUT2D eigenvalue weighted by Crippen LogP contribution is -2.38.